The van der Waals surface area contributed by atoms with Crippen molar-refractivity contribution in [1.29, 1.82) is 0 Å². The first-order valence-electron chi connectivity index (χ1n) is 12.1. The quantitative estimate of drug-likeness (QED) is 0.598. The maximum absolute atomic E-state index is 13.4. The molecule has 2 aliphatic heterocycles. The third-order valence-electron chi connectivity index (χ3n) is 6.35. The summed E-state index contributed by atoms with van der Waals surface area (Å²) < 4.78 is 11.4. The Morgan fingerprint density at radius 2 is 1.91 bits per heavy atom. The Kier molecular flexibility index (Phi) is 7.70. The standard InChI is InChI=1S/C27H33N3O5/c1-17(2)25(31)29-21-11-9-20(10-12-21)24-23(26(32)28-15-22-8-5-13-34-22)30(27(33)35-24)16-19-7-4-6-18(3)14-19/h4,6-7,9-12,14,17,22-24H,5,8,13,15-16H2,1-3H3,(H,28,32)(H,29,31). The van der Waals surface area contributed by atoms with E-state index in [1.54, 1.807) is 24.3 Å². The van der Waals surface area contributed by atoms with Crippen molar-refractivity contribution in [3.8, 4) is 0 Å². The molecule has 0 radical (unpaired) electrons. The molecule has 0 bridgehead atoms. The fourth-order valence-corrected chi connectivity index (χ4v) is 4.38. The van der Waals surface area contributed by atoms with Crippen LogP contribution in [-0.2, 0) is 25.6 Å². The average molecular weight is 480 g/mol. The molecular formula is C27H33N3O5. The number of amides is 3. The molecule has 2 heterocycles. The molecule has 2 aromatic rings. The first-order chi connectivity index (χ1) is 16.8. The molecule has 0 spiro atoms. The van der Waals surface area contributed by atoms with Gasteiger partial charge in [-0.05, 0) is 43.0 Å². The summed E-state index contributed by atoms with van der Waals surface area (Å²) in [7, 11) is 0. The van der Waals surface area contributed by atoms with Crippen molar-refractivity contribution >= 4 is 23.6 Å². The van der Waals surface area contributed by atoms with Crippen molar-refractivity contribution in [1.82, 2.24) is 10.2 Å². The molecule has 0 aliphatic carbocycles. The van der Waals surface area contributed by atoms with Crippen LogP contribution >= 0.6 is 0 Å². The summed E-state index contributed by atoms with van der Waals surface area (Å²) in [5.74, 6) is -0.500. The lowest BCUT2D eigenvalue weighted by atomic mass is 10.00. The Bertz CT molecular complexity index is 1060. The highest BCUT2D eigenvalue weighted by molar-refractivity contribution is 5.92. The Balaban J connectivity index is 1.55. The molecule has 2 aliphatic rings. The average Bonchev–Trinajstić information content (AvgIpc) is 3.46. The summed E-state index contributed by atoms with van der Waals surface area (Å²) in [6.07, 6.45) is 0.565. The van der Waals surface area contributed by atoms with E-state index in [1.165, 1.54) is 4.90 Å². The molecule has 2 N–H and O–H groups in total. The number of carbonyl (C=O) groups is 3. The van der Waals surface area contributed by atoms with Crippen LogP contribution in [0.2, 0.25) is 0 Å². The summed E-state index contributed by atoms with van der Waals surface area (Å²) in [6.45, 7) is 6.99. The zero-order chi connectivity index (χ0) is 24.9. The molecule has 3 atom stereocenters. The number of cyclic esters (lactones) is 1. The summed E-state index contributed by atoms with van der Waals surface area (Å²) >= 11 is 0. The number of carbonyl (C=O) groups excluding carboxylic acids is 3. The predicted octanol–water partition coefficient (Wildman–Crippen LogP) is 3.95. The number of benzene rings is 2. The maximum atomic E-state index is 13.4. The predicted molar refractivity (Wildman–Crippen MR) is 132 cm³/mol. The molecule has 35 heavy (non-hydrogen) atoms. The number of aryl methyl sites for hydroxylation is 1. The molecule has 8 heteroatoms. The van der Waals surface area contributed by atoms with Crippen LogP contribution in [0, 0.1) is 12.8 Å². The molecule has 0 saturated carbocycles. The highest BCUT2D eigenvalue weighted by Gasteiger charge is 2.47. The summed E-state index contributed by atoms with van der Waals surface area (Å²) in [6, 6.07) is 14.1. The van der Waals surface area contributed by atoms with E-state index in [0.717, 1.165) is 24.0 Å². The number of hydrogen-bond donors (Lipinski definition) is 2. The van der Waals surface area contributed by atoms with Gasteiger partial charge in [0.25, 0.3) is 0 Å². The Hall–Kier alpha value is -3.39. The molecular weight excluding hydrogens is 446 g/mol. The molecule has 3 amide bonds. The summed E-state index contributed by atoms with van der Waals surface area (Å²) in [4.78, 5) is 39.8. The maximum Gasteiger partial charge on any atom is 0.411 e. The second-order valence-corrected chi connectivity index (χ2v) is 9.51. The SMILES string of the molecule is Cc1cccc(CN2C(=O)OC(c3ccc(NC(=O)C(C)C)cc3)C2C(=O)NCC2CCCO2)c1. The van der Waals surface area contributed by atoms with Gasteiger partial charge < -0.3 is 20.1 Å². The second kappa shape index (κ2) is 10.9. The number of nitrogens with one attached hydrogen (secondary N) is 2. The smallest absolute Gasteiger partial charge is 0.411 e. The van der Waals surface area contributed by atoms with Gasteiger partial charge in [0.05, 0.1) is 12.6 Å². The Morgan fingerprint density at radius 3 is 2.57 bits per heavy atom. The number of nitrogens with zero attached hydrogens (tertiary/aromatic N) is 1. The van der Waals surface area contributed by atoms with Gasteiger partial charge in [-0.15, -0.1) is 0 Å². The highest BCUT2D eigenvalue weighted by Crippen LogP contribution is 2.34. The van der Waals surface area contributed by atoms with E-state index in [4.69, 9.17) is 9.47 Å². The van der Waals surface area contributed by atoms with Crippen LogP contribution in [0.25, 0.3) is 0 Å². The zero-order valence-corrected chi connectivity index (χ0v) is 20.5. The number of ether oxygens (including phenoxy) is 2. The normalized spacial score (nSPS) is 21.8. The van der Waals surface area contributed by atoms with E-state index in [0.29, 0.717) is 24.4 Å². The second-order valence-electron chi connectivity index (χ2n) is 9.51. The van der Waals surface area contributed by atoms with Crippen LogP contribution < -0.4 is 10.6 Å². The minimum Gasteiger partial charge on any atom is -0.438 e. The lowest BCUT2D eigenvalue weighted by Crippen LogP contribution is -2.47. The lowest BCUT2D eigenvalue weighted by Gasteiger charge is -2.25. The number of rotatable bonds is 8. The van der Waals surface area contributed by atoms with Gasteiger partial charge in [-0.2, -0.15) is 0 Å². The monoisotopic (exact) mass is 479 g/mol. The third kappa shape index (κ3) is 6.00. The van der Waals surface area contributed by atoms with Crippen molar-refractivity contribution in [3.63, 3.8) is 0 Å². The lowest BCUT2D eigenvalue weighted by molar-refractivity contribution is -0.127. The molecule has 3 unspecified atom stereocenters. The van der Waals surface area contributed by atoms with Crippen LogP contribution in [0.3, 0.4) is 0 Å². The molecule has 4 rings (SSSR count). The Labute approximate surface area is 206 Å². The van der Waals surface area contributed by atoms with Crippen molar-refractivity contribution in [3.05, 3.63) is 65.2 Å². The van der Waals surface area contributed by atoms with Crippen molar-refractivity contribution in [2.24, 2.45) is 5.92 Å². The molecule has 2 aromatic carbocycles. The van der Waals surface area contributed by atoms with Crippen molar-refractivity contribution in [2.75, 3.05) is 18.5 Å². The highest BCUT2D eigenvalue weighted by atomic mass is 16.6. The topological polar surface area (TPSA) is 97.0 Å². The Morgan fingerprint density at radius 1 is 1.14 bits per heavy atom. The van der Waals surface area contributed by atoms with Gasteiger partial charge >= 0.3 is 6.09 Å². The number of hydrogen-bond acceptors (Lipinski definition) is 5. The third-order valence-corrected chi connectivity index (χ3v) is 6.35. The van der Waals surface area contributed by atoms with E-state index in [9.17, 15) is 14.4 Å². The minimum atomic E-state index is -0.833. The van der Waals surface area contributed by atoms with E-state index < -0.39 is 18.2 Å². The van der Waals surface area contributed by atoms with E-state index in [1.807, 2.05) is 45.0 Å². The van der Waals surface area contributed by atoms with Gasteiger partial charge in [-0.1, -0.05) is 55.8 Å². The molecule has 186 valence electrons. The molecule has 8 nitrogen and oxygen atoms in total. The van der Waals surface area contributed by atoms with Gasteiger partial charge in [0.2, 0.25) is 11.8 Å². The van der Waals surface area contributed by atoms with Gasteiger partial charge in [-0.3, -0.25) is 14.5 Å². The summed E-state index contributed by atoms with van der Waals surface area (Å²) in [5, 5.41) is 5.82. The van der Waals surface area contributed by atoms with Gasteiger partial charge in [0, 0.05) is 24.8 Å². The van der Waals surface area contributed by atoms with Crippen LogP contribution in [0.15, 0.2) is 48.5 Å². The molecule has 0 aromatic heterocycles. The number of anilines is 1. The van der Waals surface area contributed by atoms with E-state index in [-0.39, 0.29) is 30.4 Å². The first kappa shape index (κ1) is 24.7. The van der Waals surface area contributed by atoms with Gasteiger partial charge in [-0.25, -0.2) is 4.79 Å². The van der Waals surface area contributed by atoms with Crippen LogP contribution in [0.1, 0.15) is 49.5 Å². The zero-order valence-electron chi connectivity index (χ0n) is 20.5. The first-order valence-corrected chi connectivity index (χ1v) is 12.1. The van der Waals surface area contributed by atoms with Crippen LogP contribution in [0.4, 0.5) is 10.5 Å². The van der Waals surface area contributed by atoms with Gasteiger partial charge in [0.15, 0.2) is 12.1 Å². The molecule has 2 saturated heterocycles. The fourth-order valence-electron chi connectivity index (χ4n) is 4.38. The van der Waals surface area contributed by atoms with Crippen molar-refractivity contribution < 1.29 is 23.9 Å². The molecule has 2 fully saturated rings. The van der Waals surface area contributed by atoms with E-state index >= 15 is 0 Å². The van der Waals surface area contributed by atoms with Gasteiger partial charge in [0.1, 0.15) is 0 Å². The largest absolute Gasteiger partial charge is 0.438 e. The van der Waals surface area contributed by atoms with E-state index in [2.05, 4.69) is 10.6 Å². The fraction of sp³-hybridized carbons (Fsp3) is 0.444. The van der Waals surface area contributed by atoms with Crippen LogP contribution in [-0.4, -0.2) is 48.1 Å². The summed E-state index contributed by atoms with van der Waals surface area (Å²) in [5.41, 5.74) is 3.33. The minimum absolute atomic E-state index is 0.00972. The van der Waals surface area contributed by atoms with Crippen LogP contribution in [0.5, 0.6) is 0 Å². The van der Waals surface area contributed by atoms with Crippen molar-refractivity contribution in [2.45, 2.75) is 58.4 Å².